The first kappa shape index (κ1) is 29.8. The van der Waals surface area contributed by atoms with Gasteiger partial charge < -0.3 is 24.4 Å². The Morgan fingerprint density at radius 2 is 1.69 bits per heavy atom. The molecule has 0 unspecified atom stereocenters. The lowest BCUT2D eigenvalue weighted by Gasteiger charge is -2.23. The van der Waals surface area contributed by atoms with Gasteiger partial charge in [-0.05, 0) is 98.2 Å². The molecule has 3 aromatic rings. The van der Waals surface area contributed by atoms with E-state index in [9.17, 15) is 23.1 Å². The summed E-state index contributed by atoms with van der Waals surface area (Å²) in [6.45, 7) is 7.52. The van der Waals surface area contributed by atoms with Crippen molar-refractivity contribution in [1.29, 1.82) is 0 Å². The summed E-state index contributed by atoms with van der Waals surface area (Å²) >= 11 is 0. The number of aliphatic hydroxyl groups is 1. The van der Waals surface area contributed by atoms with Gasteiger partial charge in [0.1, 0.15) is 23.4 Å². The number of carbonyl (C=O) groups is 1. The molecule has 2 aliphatic rings. The molecule has 0 fully saturated rings. The SMILES string of the molecule is Cc1cc(OCCC(C)(C)O)cc(C)c1-c1c(C(F)(F)F)ccc2c1CC[C@H]2Oc1ccc2c(c1)OC[C@H]2CC(=O)O. The fourth-order valence-corrected chi connectivity index (χ4v) is 6.00. The van der Waals surface area contributed by atoms with Gasteiger partial charge in [-0.25, -0.2) is 0 Å². The van der Waals surface area contributed by atoms with E-state index in [4.69, 9.17) is 19.3 Å². The first-order chi connectivity index (χ1) is 19.7. The Balaban J connectivity index is 1.46. The van der Waals surface area contributed by atoms with Gasteiger partial charge in [-0.3, -0.25) is 4.79 Å². The molecule has 42 heavy (non-hydrogen) atoms. The lowest BCUT2D eigenvalue weighted by Crippen LogP contribution is -2.21. The predicted octanol–water partition coefficient (Wildman–Crippen LogP) is 7.55. The van der Waals surface area contributed by atoms with E-state index in [0.717, 1.165) is 11.6 Å². The highest BCUT2D eigenvalue weighted by Crippen LogP contribution is 2.48. The average Bonchev–Trinajstić information content (AvgIpc) is 3.46. The van der Waals surface area contributed by atoms with Gasteiger partial charge in [-0.1, -0.05) is 12.1 Å². The van der Waals surface area contributed by atoms with Crippen LogP contribution in [0.15, 0.2) is 42.5 Å². The third-order valence-corrected chi connectivity index (χ3v) is 7.96. The minimum absolute atomic E-state index is 0.0275. The molecule has 0 amide bonds. The molecular weight excluding hydrogens is 549 g/mol. The van der Waals surface area contributed by atoms with Crippen molar-refractivity contribution in [2.75, 3.05) is 13.2 Å². The number of alkyl halides is 3. The second-order valence-corrected chi connectivity index (χ2v) is 11.8. The van der Waals surface area contributed by atoms with E-state index in [1.807, 2.05) is 0 Å². The summed E-state index contributed by atoms with van der Waals surface area (Å²) in [6, 6.07) is 11.4. The number of fused-ring (bicyclic) bond motifs is 2. The van der Waals surface area contributed by atoms with Gasteiger partial charge in [0.2, 0.25) is 0 Å². The summed E-state index contributed by atoms with van der Waals surface area (Å²) in [5.41, 5.74) is 2.63. The van der Waals surface area contributed by atoms with Crippen molar-refractivity contribution in [3.8, 4) is 28.4 Å². The lowest BCUT2D eigenvalue weighted by atomic mass is 9.86. The second kappa shape index (κ2) is 11.2. The van der Waals surface area contributed by atoms with E-state index in [1.165, 1.54) is 6.07 Å². The first-order valence-electron chi connectivity index (χ1n) is 14.1. The fraction of sp³-hybridized carbons (Fsp3) is 0.424. The minimum Gasteiger partial charge on any atom is -0.493 e. The highest BCUT2D eigenvalue weighted by atomic mass is 19.4. The van der Waals surface area contributed by atoms with Crippen LogP contribution in [0.1, 0.15) is 78.5 Å². The van der Waals surface area contributed by atoms with E-state index >= 15 is 0 Å². The number of hydrogen-bond donors (Lipinski definition) is 2. The molecule has 2 N–H and O–H groups in total. The molecule has 1 aliphatic heterocycles. The molecular formula is C33H35F3O6. The van der Waals surface area contributed by atoms with Crippen LogP contribution in [0.2, 0.25) is 0 Å². The van der Waals surface area contributed by atoms with Crippen LogP contribution in [-0.4, -0.2) is 35.0 Å². The van der Waals surface area contributed by atoms with Crippen LogP contribution in [0.4, 0.5) is 13.2 Å². The van der Waals surface area contributed by atoms with Crippen LogP contribution in [-0.2, 0) is 17.4 Å². The molecule has 3 aromatic carbocycles. The second-order valence-electron chi connectivity index (χ2n) is 11.8. The molecule has 5 rings (SSSR count). The number of rotatable bonds is 9. The maximum absolute atomic E-state index is 14.4. The third-order valence-electron chi connectivity index (χ3n) is 7.96. The van der Waals surface area contributed by atoms with Crippen molar-refractivity contribution in [1.82, 2.24) is 0 Å². The fourth-order valence-electron chi connectivity index (χ4n) is 6.00. The molecule has 1 heterocycles. The molecule has 0 spiro atoms. The van der Waals surface area contributed by atoms with E-state index in [-0.39, 0.29) is 31.1 Å². The van der Waals surface area contributed by atoms with Gasteiger partial charge in [0.25, 0.3) is 0 Å². The van der Waals surface area contributed by atoms with Crippen molar-refractivity contribution in [3.05, 3.63) is 75.8 Å². The Morgan fingerprint density at radius 3 is 2.33 bits per heavy atom. The first-order valence-corrected chi connectivity index (χ1v) is 14.1. The molecule has 1 aliphatic carbocycles. The maximum Gasteiger partial charge on any atom is 0.417 e. The van der Waals surface area contributed by atoms with Gasteiger partial charge in [0.05, 0.1) is 30.8 Å². The van der Waals surface area contributed by atoms with Gasteiger partial charge in [0.15, 0.2) is 0 Å². The van der Waals surface area contributed by atoms with Crippen molar-refractivity contribution < 1.29 is 42.4 Å². The van der Waals surface area contributed by atoms with Gasteiger partial charge in [-0.15, -0.1) is 0 Å². The van der Waals surface area contributed by atoms with Crippen LogP contribution >= 0.6 is 0 Å². The standard InChI is InChI=1S/C33H35F3O6/c1-18-13-22(40-12-11-32(3,4)39)14-19(2)30(18)31-25-8-10-27(24(25)7-9-26(31)33(34,35)36)42-21-5-6-23-20(15-29(37)38)17-41-28(23)16-21/h5-7,9,13-14,16,20,27,39H,8,10-12,15,17H2,1-4H3,(H,37,38)/t20-,27-/m1/s1. The number of aryl methyl sites for hydroxylation is 2. The maximum atomic E-state index is 14.4. The molecule has 0 bridgehead atoms. The van der Waals surface area contributed by atoms with Gasteiger partial charge in [-0.2, -0.15) is 13.2 Å². The number of carboxylic acid groups (broad SMARTS) is 1. The number of aliphatic carboxylic acids is 1. The summed E-state index contributed by atoms with van der Waals surface area (Å²) in [6.07, 6.45) is -3.67. The van der Waals surface area contributed by atoms with Crippen LogP contribution in [0, 0.1) is 13.8 Å². The number of carboxylic acids is 1. The Bertz CT molecular complexity index is 1480. The normalized spacial score (nSPS) is 17.9. The zero-order chi connectivity index (χ0) is 30.4. The summed E-state index contributed by atoms with van der Waals surface area (Å²) in [5.74, 6) is 0.508. The summed E-state index contributed by atoms with van der Waals surface area (Å²) in [4.78, 5) is 11.2. The van der Waals surface area contributed by atoms with Crippen LogP contribution < -0.4 is 14.2 Å². The summed E-state index contributed by atoms with van der Waals surface area (Å²) in [7, 11) is 0. The molecule has 0 saturated carbocycles. The third kappa shape index (κ3) is 6.21. The van der Waals surface area contributed by atoms with Gasteiger partial charge >= 0.3 is 12.1 Å². The molecule has 0 saturated heterocycles. The zero-order valence-corrected chi connectivity index (χ0v) is 24.1. The quantitative estimate of drug-likeness (QED) is 0.270. The highest BCUT2D eigenvalue weighted by Gasteiger charge is 2.39. The summed E-state index contributed by atoms with van der Waals surface area (Å²) in [5, 5.41) is 19.1. The predicted molar refractivity (Wildman–Crippen MR) is 151 cm³/mol. The summed E-state index contributed by atoms with van der Waals surface area (Å²) < 4.78 is 60.9. The van der Waals surface area contributed by atoms with Gasteiger partial charge in [0, 0.05) is 24.0 Å². The van der Waals surface area contributed by atoms with E-state index in [0.29, 0.717) is 64.3 Å². The highest BCUT2D eigenvalue weighted by molar-refractivity contribution is 5.80. The Kier molecular flexibility index (Phi) is 7.91. The van der Waals surface area contributed by atoms with Crippen molar-refractivity contribution >= 4 is 5.97 Å². The Hall–Kier alpha value is -3.72. The smallest absolute Gasteiger partial charge is 0.417 e. The number of benzene rings is 3. The van der Waals surface area contributed by atoms with Crippen molar-refractivity contribution in [2.45, 2.75) is 77.2 Å². The average molecular weight is 585 g/mol. The van der Waals surface area contributed by atoms with E-state index in [1.54, 1.807) is 58.0 Å². The lowest BCUT2D eigenvalue weighted by molar-refractivity contribution is -0.138. The molecule has 9 heteroatoms. The molecule has 2 atom stereocenters. The molecule has 0 radical (unpaired) electrons. The topological polar surface area (TPSA) is 85.2 Å². The molecule has 0 aromatic heterocycles. The number of halogens is 3. The van der Waals surface area contributed by atoms with Crippen molar-refractivity contribution in [3.63, 3.8) is 0 Å². The van der Waals surface area contributed by atoms with Crippen LogP contribution in [0.5, 0.6) is 17.2 Å². The number of ether oxygens (including phenoxy) is 3. The number of hydrogen-bond acceptors (Lipinski definition) is 5. The Morgan fingerprint density at radius 1 is 1.00 bits per heavy atom. The van der Waals surface area contributed by atoms with E-state index < -0.39 is 29.4 Å². The van der Waals surface area contributed by atoms with E-state index in [2.05, 4.69) is 0 Å². The Labute approximate surface area is 243 Å². The van der Waals surface area contributed by atoms with Crippen LogP contribution in [0.3, 0.4) is 0 Å². The van der Waals surface area contributed by atoms with Crippen LogP contribution in [0.25, 0.3) is 11.1 Å². The largest absolute Gasteiger partial charge is 0.493 e. The zero-order valence-electron chi connectivity index (χ0n) is 24.1. The molecule has 6 nitrogen and oxygen atoms in total. The minimum atomic E-state index is -4.55. The monoisotopic (exact) mass is 584 g/mol. The molecule has 224 valence electrons. The van der Waals surface area contributed by atoms with Crippen molar-refractivity contribution in [2.24, 2.45) is 0 Å².